The summed E-state index contributed by atoms with van der Waals surface area (Å²) in [6.07, 6.45) is 0.321. The molecular weight excluding hydrogens is 293 g/mol. The summed E-state index contributed by atoms with van der Waals surface area (Å²) < 4.78 is 14.0. The second-order valence-corrected chi connectivity index (χ2v) is 6.02. The highest BCUT2D eigenvalue weighted by Crippen LogP contribution is 2.35. The van der Waals surface area contributed by atoms with Gasteiger partial charge in [0, 0.05) is 12.1 Å². The standard InChI is InChI=1S/C19H20FNO2/c1-13-8-10-14(11-9-13)18(22)19(23)21-12-4-7-17(21)15-5-2-3-6-16(15)20/h2-3,5-6,8-11,17-18,22H,4,7,12H2,1H3. The number of amides is 1. The lowest BCUT2D eigenvalue weighted by molar-refractivity contribution is -0.141. The zero-order chi connectivity index (χ0) is 16.4. The molecule has 0 aromatic heterocycles. The normalized spacial score (nSPS) is 18.9. The Morgan fingerprint density at radius 3 is 2.61 bits per heavy atom. The number of carbonyl (C=O) groups is 1. The Labute approximate surface area is 135 Å². The van der Waals surface area contributed by atoms with Gasteiger partial charge in [0.1, 0.15) is 5.82 Å². The van der Waals surface area contributed by atoms with Crippen molar-refractivity contribution in [2.45, 2.75) is 31.9 Å². The summed E-state index contributed by atoms with van der Waals surface area (Å²) in [7, 11) is 0. The highest BCUT2D eigenvalue weighted by molar-refractivity contribution is 5.82. The fourth-order valence-electron chi connectivity index (χ4n) is 3.15. The number of likely N-dealkylation sites (tertiary alicyclic amines) is 1. The van der Waals surface area contributed by atoms with Crippen LogP contribution in [0.25, 0.3) is 0 Å². The Bertz CT molecular complexity index is 699. The molecule has 2 aromatic carbocycles. The Kier molecular flexibility index (Phi) is 4.44. The van der Waals surface area contributed by atoms with Gasteiger partial charge in [-0.2, -0.15) is 0 Å². The van der Waals surface area contributed by atoms with Gasteiger partial charge in [0.15, 0.2) is 6.10 Å². The van der Waals surface area contributed by atoms with Crippen molar-refractivity contribution < 1.29 is 14.3 Å². The maximum absolute atomic E-state index is 14.0. The summed E-state index contributed by atoms with van der Waals surface area (Å²) in [5.74, 6) is -0.665. The highest BCUT2D eigenvalue weighted by Gasteiger charge is 2.34. The van der Waals surface area contributed by atoms with Crippen LogP contribution in [-0.4, -0.2) is 22.5 Å². The molecule has 4 heteroatoms. The monoisotopic (exact) mass is 313 g/mol. The summed E-state index contributed by atoms with van der Waals surface area (Å²) in [6, 6.07) is 13.5. The fraction of sp³-hybridized carbons (Fsp3) is 0.316. The number of benzene rings is 2. The van der Waals surface area contributed by atoms with Crippen molar-refractivity contribution in [1.82, 2.24) is 4.90 Å². The number of nitrogens with zero attached hydrogens (tertiary/aromatic N) is 1. The van der Waals surface area contributed by atoms with Gasteiger partial charge in [-0.3, -0.25) is 4.79 Å². The molecule has 0 bridgehead atoms. The number of carbonyl (C=O) groups excluding carboxylic acids is 1. The molecule has 1 fully saturated rings. The van der Waals surface area contributed by atoms with E-state index < -0.39 is 6.10 Å². The van der Waals surface area contributed by atoms with E-state index in [2.05, 4.69) is 0 Å². The van der Waals surface area contributed by atoms with Crippen LogP contribution in [0.15, 0.2) is 48.5 Å². The van der Waals surface area contributed by atoms with Crippen molar-refractivity contribution in [1.29, 1.82) is 0 Å². The lowest BCUT2D eigenvalue weighted by Crippen LogP contribution is -2.35. The maximum atomic E-state index is 14.0. The van der Waals surface area contributed by atoms with Gasteiger partial charge in [0.05, 0.1) is 6.04 Å². The molecule has 1 saturated heterocycles. The van der Waals surface area contributed by atoms with E-state index in [1.54, 1.807) is 35.2 Å². The molecule has 1 amide bonds. The van der Waals surface area contributed by atoms with Crippen LogP contribution < -0.4 is 0 Å². The minimum absolute atomic E-state index is 0.302. The minimum atomic E-state index is -1.21. The molecule has 0 saturated carbocycles. The summed E-state index contributed by atoms with van der Waals surface area (Å²) in [6.45, 7) is 2.49. The zero-order valence-corrected chi connectivity index (χ0v) is 13.1. The topological polar surface area (TPSA) is 40.5 Å². The van der Waals surface area contributed by atoms with Crippen LogP contribution >= 0.6 is 0 Å². The van der Waals surface area contributed by atoms with Crippen molar-refractivity contribution in [3.63, 3.8) is 0 Å². The van der Waals surface area contributed by atoms with E-state index in [1.807, 2.05) is 19.1 Å². The predicted octanol–water partition coefficient (Wildman–Crippen LogP) is 3.53. The Hall–Kier alpha value is -2.20. The molecule has 120 valence electrons. The highest BCUT2D eigenvalue weighted by atomic mass is 19.1. The smallest absolute Gasteiger partial charge is 0.256 e. The molecule has 1 aliphatic heterocycles. The van der Waals surface area contributed by atoms with Gasteiger partial charge >= 0.3 is 0 Å². The largest absolute Gasteiger partial charge is 0.378 e. The van der Waals surface area contributed by atoms with Crippen LogP contribution in [-0.2, 0) is 4.79 Å². The summed E-state index contributed by atoms with van der Waals surface area (Å²) in [5, 5.41) is 10.4. The average Bonchev–Trinajstić information content (AvgIpc) is 3.04. The third-order valence-corrected chi connectivity index (χ3v) is 4.43. The molecule has 1 N–H and O–H groups in total. The van der Waals surface area contributed by atoms with Crippen LogP contribution in [0, 0.1) is 12.7 Å². The average molecular weight is 313 g/mol. The van der Waals surface area contributed by atoms with E-state index in [9.17, 15) is 14.3 Å². The molecule has 23 heavy (non-hydrogen) atoms. The van der Waals surface area contributed by atoms with Gasteiger partial charge in [-0.05, 0) is 31.4 Å². The fourth-order valence-corrected chi connectivity index (χ4v) is 3.15. The van der Waals surface area contributed by atoms with Gasteiger partial charge in [-0.25, -0.2) is 4.39 Å². The van der Waals surface area contributed by atoms with Gasteiger partial charge in [0.25, 0.3) is 5.91 Å². The molecule has 1 aliphatic rings. The molecule has 3 nitrogen and oxygen atoms in total. The first kappa shape index (κ1) is 15.7. The molecule has 1 heterocycles. The summed E-state index contributed by atoms with van der Waals surface area (Å²) in [4.78, 5) is 14.3. The van der Waals surface area contributed by atoms with E-state index in [0.29, 0.717) is 24.1 Å². The second kappa shape index (κ2) is 6.50. The predicted molar refractivity (Wildman–Crippen MR) is 86.2 cm³/mol. The van der Waals surface area contributed by atoms with Gasteiger partial charge in [0.2, 0.25) is 0 Å². The third-order valence-electron chi connectivity index (χ3n) is 4.43. The first-order valence-electron chi connectivity index (χ1n) is 7.87. The first-order chi connectivity index (χ1) is 11.1. The van der Waals surface area contributed by atoms with Gasteiger partial charge in [-0.15, -0.1) is 0 Å². The number of halogens is 1. The number of aryl methyl sites for hydroxylation is 1. The summed E-state index contributed by atoms with van der Waals surface area (Å²) >= 11 is 0. The lowest BCUT2D eigenvalue weighted by Gasteiger charge is -2.27. The van der Waals surface area contributed by atoms with Crippen molar-refractivity contribution in [2.75, 3.05) is 6.54 Å². The Balaban J connectivity index is 1.83. The molecule has 3 rings (SSSR count). The molecular formula is C19H20FNO2. The van der Waals surface area contributed by atoms with Crippen LogP contribution in [0.3, 0.4) is 0 Å². The van der Waals surface area contributed by atoms with E-state index in [1.165, 1.54) is 6.07 Å². The Morgan fingerprint density at radius 2 is 1.91 bits per heavy atom. The maximum Gasteiger partial charge on any atom is 0.256 e. The van der Waals surface area contributed by atoms with Crippen molar-refractivity contribution >= 4 is 5.91 Å². The lowest BCUT2D eigenvalue weighted by atomic mass is 10.0. The summed E-state index contributed by atoms with van der Waals surface area (Å²) in [5.41, 5.74) is 2.16. The van der Waals surface area contributed by atoms with E-state index in [-0.39, 0.29) is 17.8 Å². The molecule has 2 atom stereocenters. The molecule has 0 radical (unpaired) electrons. The van der Waals surface area contributed by atoms with E-state index in [4.69, 9.17) is 0 Å². The van der Waals surface area contributed by atoms with Crippen molar-refractivity contribution in [2.24, 2.45) is 0 Å². The molecule has 2 aromatic rings. The molecule has 0 spiro atoms. The number of rotatable bonds is 3. The van der Waals surface area contributed by atoms with Crippen molar-refractivity contribution in [3.8, 4) is 0 Å². The van der Waals surface area contributed by atoms with Crippen LogP contribution in [0.5, 0.6) is 0 Å². The number of hydrogen-bond donors (Lipinski definition) is 1. The van der Waals surface area contributed by atoms with Gasteiger partial charge < -0.3 is 10.0 Å². The SMILES string of the molecule is Cc1ccc(C(O)C(=O)N2CCCC2c2ccccc2F)cc1. The minimum Gasteiger partial charge on any atom is -0.378 e. The van der Waals surface area contributed by atoms with E-state index in [0.717, 1.165) is 12.0 Å². The van der Waals surface area contributed by atoms with Crippen LogP contribution in [0.2, 0.25) is 0 Å². The van der Waals surface area contributed by atoms with Gasteiger partial charge in [-0.1, -0.05) is 48.0 Å². The first-order valence-corrected chi connectivity index (χ1v) is 7.87. The molecule has 0 aliphatic carbocycles. The van der Waals surface area contributed by atoms with Crippen LogP contribution in [0.1, 0.15) is 41.7 Å². The number of hydrogen-bond acceptors (Lipinski definition) is 2. The Morgan fingerprint density at radius 1 is 1.22 bits per heavy atom. The second-order valence-electron chi connectivity index (χ2n) is 6.02. The van der Waals surface area contributed by atoms with E-state index >= 15 is 0 Å². The van der Waals surface area contributed by atoms with Crippen molar-refractivity contribution in [3.05, 3.63) is 71.0 Å². The van der Waals surface area contributed by atoms with Crippen LogP contribution in [0.4, 0.5) is 4.39 Å². The number of aliphatic hydroxyl groups is 1. The third kappa shape index (κ3) is 3.13. The number of aliphatic hydroxyl groups excluding tert-OH is 1. The zero-order valence-electron chi connectivity index (χ0n) is 13.1. The quantitative estimate of drug-likeness (QED) is 0.941. The molecule has 2 unspecified atom stereocenters.